The van der Waals surface area contributed by atoms with E-state index in [1.165, 1.54) is 5.57 Å². The van der Waals surface area contributed by atoms with Gasteiger partial charge in [0, 0.05) is 12.0 Å². The van der Waals surface area contributed by atoms with Crippen molar-refractivity contribution in [3.05, 3.63) is 11.1 Å². The van der Waals surface area contributed by atoms with Gasteiger partial charge in [0.05, 0.1) is 0 Å². The van der Waals surface area contributed by atoms with Gasteiger partial charge in [-0.1, -0.05) is 47.1 Å². The predicted molar refractivity (Wildman–Crippen MR) is 60.2 cm³/mol. The molecule has 80 valence electrons. The minimum absolute atomic E-state index is 0.0101. The quantitative estimate of drug-likeness (QED) is 0.574. The Labute approximate surface area is 87.6 Å². The van der Waals surface area contributed by atoms with E-state index in [4.69, 9.17) is 0 Å². The van der Waals surface area contributed by atoms with Gasteiger partial charge in [0.2, 0.25) is 0 Å². The molecule has 0 aromatic rings. The number of hydrogen-bond acceptors (Lipinski definition) is 1. The average molecular weight is 194 g/mol. The maximum absolute atomic E-state index is 11.8. The van der Waals surface area contributed by atoms with E-state index in [2.05, 4.69) is 41.5 Å². The molecule has 1 heteroatoms. The Morgan fingerprint density at radius 1 is 0.857 bits per heavy atom. The van der Waals surface area contributed by atoms with Crippen LogP contribution in [0.3, 0.4) is 0 Å². The molecular formula is C13H22O. The molecule has 0 aromatic carbocycles. The lowest BCUT2D eigenvalue weighted by molar-refractivity contribution is -0.115. The van der Waals surface area contributed by atoms with Crippen molar-refractivity contribution in [2.24, 2.45) is 10.8 Å². The van der Waals surface area contributed by atoms with E-state index in [1.54, 1.807) is 0 Å². The van der Waals surface area contributed by atoms with E-state index in [9.17, 15) is 4.79 Å². The number of carbonyl (C=O) groups excluding carboxylic acids is 1. The van der Waals surface area contributed by atoms with Crippen molar-refractivity contribution < 1.29 is 4.79 Å². The maximum atomic E-state index is 11.8. The van der Waals surface area contributed by atoms with Crippen LogP contribution in [-0.4, -0.2) is 5.78 Å². The fourth-order valence-corrected chi connectivity index (χ4v) is 2.28. The minimum Gasteiger partial charge on any atom is -0.295 e. The molecule has 1 rings (SSSR count). The molecule has 0 aromatic heterocycles. The smallest absolute Gasteiger partial charge is 0.159 e. The summed E-state index contributed by atoms with van der Waals surface area (Å²) in [6, 6.07) is 0. The molecule has 0 radical (unpaired) electrons. The van der Waals surface area contributed by atoms with E-state index >= 15 is 0 Å². The van der Waals surface area contributed by atoms with Crippen LogP contribution in [0.5, 0.6) is 0 Å². The minimum atomic E-state index is 0.0101. The van der Waals surface area contributed by atoms with Gasteiger partial charge in [-0.05, 0) is 17.3 Å². The van der Waals surface area contributed by atoms with Crippen LogP contribution < -0.4 is 0 Å². The Morgan fingerprint density at radius 3 is 1.64 bits per heavy atom. The Hall–Kier alpha value is -0.590. The van der Waals surface area contributed by atoms with Crippen molar-refractivity contribution in [2.75, 3.05) is 0 Å². The van der Waals surface area contributed by atoms with Gasteiger partial charge < -0.3 is 0 Å². The Bertz CT molecular complexity index is 281. The molecule has 0 atom stereocenters. The summed E-state index contributed by atoms with van der Waals surface area (Å²) in [5, 5.41) is 0. The molecule has 0 saturated heterocycles. The topological polar surface area (TPSA) is 17.1 Å². The number of ketones is 1. The van der Waals surface area contributed by atoms with Gasteiger partial charge in [-0.3, -0.25) is 4.79 Å². The zero-order valence-electron chi connectivity index (χ0n) is 10.3. The SMILES string of the molecule is CC(C)(C)C1=C(C(C)(C)C)C(=O)CC1. The molecule has 0 bridgehead atoms. The van der Waals surface area contributed by atoms with Crippen molar-refractivity contribution in [1.82, 2.24) is 0 Å². The van der Waals surface area contributed by atoms with Crippen molar-refractivity contribution >= 4 is 5.78 Å². The molecule has 1 aliphatic rings. The lowest BCUT2D eigenvalue weighted by Gasteiger charge is -2.28. The Kier molecular flexibility index (Phi) is 2.64. The molecule has 0 fully saturated rings. The summed E-state index contributed by atoms with van der Waals surface area (Å²) < 4.78 is 0. The number of allylic oxidation sites excluding steroid dienone is 2. The molecule has 0 spiro atoms. The van der Waals surface area contributed by atoms with Gasteiger partial charge in [-0.2, -0.15) is 0 Å². The molecule has 0 aliphatic heterocycles. The molecule has 0 saturated carbocycles. The third kappa shape index (κ3) is 2.08. The third-order valence-corrected chi connectivity index (χ3v) is 2.84. The van der Waals surface area contributed by atoms with Crippen molar-refractivity contribution in [3.8, 4) is 0 Å². The van der Waals surface area contributed by atoms with Crippen molar-refractivity contribution in [1.29, 1.82) is 0 Å². The standard InChI is InChI=1S/C13H22O/c1-12(2,3)9-7-8-10(14)11(9)13(4,5)6/h7-8H2,1-6H3. The summed E-state index contributed by atoms with van der Waals surface area (Å²) in [6.45, 7) is 13.0. The van der Waals surface area contributed by atoms with Gasteiger partial charge >= 0.3 is 0 Å². The van der Waals surface area contributed by atoms with Gasteiger partial charge in [-0.25, -0.2) is 0 Å². The van der Waals surface area contributed by atoms with Crippen molar-refractivity contribution in [3.63, 3.8) is 0 Å². The number of carbonyl (C=O) groups is 1. The van der Waals surface area contributed by atoms with Crippen LogP contribution in [0.25, 0.3) is 0 Å². The number of Topliss-reactive ketones (excluding diaryl/α,β-unsaturated/α-hetero) is 1. The van der Waals surface area contributed by atoms with Crippen LogP contribution in [0.1, 0.15) is 54.4 Å². The second kappa shape index (κ2) is 3.22. The van der Waals surface area contributed by atoms with Crippen LogP contribution in [0, 0.1) is 10.8 Å². The van der Waals surface area contributed by atoms with E-state index < -0.39 is 0 Å². The highest BCUT2D eigenvalue weighted by molar-refractivity contribution is 6.00. The fraction of sp³-hybridized carbons (Fsp3) is 0.769. The highest BCUT2D eigenvalue weighted by Crippen LogP contribution is 2.43. The summed E-state index contributed by atoms with van der Waals surface area (Å²) in [4.78, 5) is 11.8. The number of hydrogen-bond donors (Lipinski definition) is 0. The lowest BCUT2D eigenvalue weighted by Crippen LogP contribution is -2.19. The summed E-state index contributed by atoms with van der Waals surface area (Å²) >= 11 is 0. The summed E-state index contributed by atoms with van der Waals surface area (Å²) in [7, 11) is 0. The van der Waals surface area contributed by atoms with Crippen LogP contribution in [-0.2, 0) is 4.79 Å². The molecule has 0 unspecified atom stereocenters. The third-order valence-electron chi connectivity index (χ3n) is 2.84. The van der Waals surface area contributed by atoms with E-state index in [0.29, 0.717) is 5.78 Å². The average Bonchev–Trinajstić information content (AvgIpc) is 2.27. The van der Waals surface area contributed by atoms with Crippen LogP contribution in [0.15, 0.2) is 11.1 Å². The normalized spacial score (nSPS) is 19.4. The van der Waals surface area contributed by atoms with Gasteiger partial charge in [0.1, 0.15) is 0 Å². The zero-order chi connectivity index (χ0) is 11.1. The van der Waals surface area contributed by atoms with Gasteiger partial charge in [-0.15, -0.1) is 0 Å². The monoisotopic (exact) mass is 194 g/mol. The predicted octanol–water partition coefficient (Wildman–Crippen LogP) is 3.74. The number of rotatable bonds is 0. The Balaban J connectivity index is 3.23. The van der Waals surface area contributed by atoms with E-state index in [1.807, 2.05) is 0 Å². The van der Waals surface area contributed by atoms with Crippen LogP contribution >= 0.6 is 0 Å². The lowest BCUT2D eigenvalue weighted by atomic mass is 9.76. The van der Waals surface area contributed by atoms with Gasteiger partial charge in [0.25, 0.3) is 0 Å². The second-order valence-corrected chi connectivity index (χ2v) is 6.28. The molecule has 14 heavy (non-hydrogen) atoms. The summed E-state index contributed by atoms with van der Waals surface area (Å²) in [6.07, 6.45) is 1.69. The molecule has 1 aliphatic carbocycles. The van der Waals surface area contributed by atoms with E-state index in [0.717, 1.165) is 18.4 Å². The first-order chi connectivity index (χ1) is 6.14. The molecule has 0 amide bonds. The van der Waals surface area contributed by atoms with Gasteiger partial charge in [0.15, 0.2) is 5.78 Å². The molecule has 0 heterocycles. The first kappa shape index (κ1) is 11.5. The molecular weight excluding hydrogens is 172 g/mol. The highest BCUT2D eigenvalue weighted by Gasteiger charge is 2.35. The first-order valence-corrected chi connectivity index (χ1v) is 5.41. The van der Waals surface area contributed by atoms with E-state index in [-0.39, 0.29) is 10.8 Å². The van der Waals surface area contributed by atoms with Crippen LogP contribution in [0.4, 0.5) is 0 Å². The van der Waals surface area contributed by atoms with Crippen LogP contribution in [0.2, 0.25) is 0 Å². The molecule has 0 N–H and O–H groups in total. The highest BCUT2D eigenvalue weighted by atomic mass is 16.1. The fourth-order valence-electron chi connectivity index (χ4n) is 2.28. The first-order valence-electron chi connectivity index (χ1n) is 5.41. The molecule has 1 nitrogen and oxygen atoms in total. The van der Waals surface area contributed by atoms with Crippen molar-refractivity contribution in [2.45, 2.75) is 54.4 Å². The Morgan fingerprint density at radius 2 is 1.36 bits per heavy atom. The summed E-state index contributed by atoms with van der Waals surface area (Å²) in [5.41, 5.74) is 2.62. The summed E-state index contributed by atoms with van der Waals surface area (Å²) in [5.74, 6) is 0.363. The second-order valence-electron chi connectivity index (χ2n) is 6.28. The largest absolute Gasteiger partial charge is 0.295 e. The maximum Gasteiger partial charge on any atom is 0.159 e. The zero-order valence-corrected chi connectivity index (χ0v) is 10.3.